The minimum atomic E-state index is -3.80. The number of benzene rings is 1. The van der Waals surface area contributed by atoms with Gasteiger partial charge in [0.15, 0.2) is 0 Å². The molecule has 0 bridgehead atoms. The van der Waals surface area contributed by atoms with Crippen LogP contribution in [0.2, 0.25) is 0 Å². The van der Waals surface area contributed by atoms with Gasteiger partial charge < -0.3 is 4.90 Å². The van der Waals surface area contributed by atoms with E-state index in [4.69, 9.17) is 0 Å². The van der Waals surface area contributed by atoms with Gasteiger partial charge in [0.2, 0.25) is 0 Å². The van der Waals surface area contributed by atoms with Crippen molar-refractivity contribution < 1.29 is 13.2 Å². The molecule has 0 radical (unpaired) electrons. The molecule has 0 fully saturated rings. The molecule has 1 N–H and O–H groups in total. The van der Waals surface area contributed by atoms with Crippen molar-refractivity contribution in [1.82, 2.24) is 9.62 Å². The Morgan fingerprint density at radius 1 is 1.09 bits per heavy atom. The maximum atomic E-state index is 12.2. The number of carbonyl (C=O) groups excluding carboxylic acids is 1. The van der Waals surface area contributed by atoms with Crippen LogP contribution in [0.5, 0.6) is 0 Å². The van der Waals surface area contributed by atoms with Crippen molar-refractivity contribution in [1.29, 1.82) is 0 Å². The summed E-state index contributed by atoms with van der Waals surface area (Å²) in [7, 11) is -3.80. The number of urea groups is 1. The second kappa shape index (κ2) is 10.0. The van der Waals surface area contributed by atoms with Crippen molar-refractivity contribution in [2.45, 2.75) is 39.5 Å². The number of nitrogens with one attached hydrogen (secondary N) is 1. The van der Waals surface area contributed by atoms with Crippen molar-refractivity contribution in [3.8, 4) is 0 Å². The van der Waals surface area contributed by atoms with Crippen LogP contribution in [0.4, 0.5) is 4.79 Å². The summed E-state index contributed by atoms with van der Waals surface area (Å²) in [5.41, 5.74) is 0.763. The number of carbonyl (C=O) groups is 1. The van der Waals surface area contributed by atoms with E-state index in [0.717, 1.165) is 36.7 Å². The van der Waals surface area contributed by atoms with Crippen molar-refractivity contribution in [3.05, 3.63) is 41.3 Å². The maximum Gasteiger partial charge on any atom is 0.331 e. The molecule has 0 aromatic heterocycles. The van der Waals surface area contributed by atoms with Gasteiger partial charge in [0.25, 0.3) is 10.0 Å². The Hall–Kier alpha value is -1.82. The van der Waals surface area contributed by atoms with Crippen LogP contribution in [0.3, 0.4) is 0 Å². The van der Waals surface area contributed by atoms with Gasteiger partial charge in [-0.05, 0) is 24.5 Å². The highest BCUT2D eigenvalue weighted by Gasteiger charge is 2.17. The number of amides is 2. The predicted octanol–water partition coefficient (Wildman–Crippen LogP) is 3.60. The number of sulfonamides is 1. The minimum Gasteiger partial charge on any atom is -0.324 e. The molecular formula is C17H26N2O3S. The smallest absolute Gasteiger partial charge is 0.324 e. The largest absolute Gasteiger partial charge is 0.331 e. The molecule has 2 amide bonds. The number of rotatable bonds is 9. The average Bonchev–Trinajstić information content (AvgIpc) is 2.53. The monoisotopic (exact) mass is 338 g/mol. The second-order valence-corrected chi connectivity index (χ2v) is 6.93. The van der Waals surface area contributed by atoms with Gasteiger partial charge in [-0.3, -0.25) is 0 Å². The summed E-state index contributed by atoms with van der Waals surface area (Å²) in [6, 6.07) is 8.53. The van der Waals surface area contributed by atoms with Crippen LogP contribution in [-0.4, -0.2) is 32.4 Å². The lowest BCUT2D eigenvalue weighted by Crippen LogP contribution is -2.43. The molecule has 23 heavy (non-hydrogen) atoms. The van der Waals surface area contributed by atoms with Gasteiger partial charge in [-0.2, -0.15) is 0 Å². The van der Waals surface area contributed by atoms with E-state index in [1.165, 1.54) is 6.08 Å². The molecule has 0 aliphatic carbocycles. The summed E-state index contributed by atoms with van der Waals surface area (Å²) in [6.07, 6.45) is 5.10. The Bertz CT molecular complexity index is 590. The first-order chi connectivity index (χ1) is 11.0. The van der Waals surface area contributed by atoms with Crippen LogP contribution >= 0.6 is 0 Å². The molecule has 0 unspecified atom stereocenters. The quantitative estimate of drug-likeness (QED) is 0.748. The van der Waals surface area contributed by atoms with Gasteiger partial charge in [0.05, 0.1) is 5.41 Å². The molecule has 0 heterocycles. The topological polar surface area (TPSA) is 66.5 Å². The van der Waals surface area contributed by atoms with Gasteiger partial charge in [-0.1, -0.05) is 57.0 Å². The zero-order valence-electron chi connectivity index (χ0n) is 13.9. The summed E-state index contributed by atoms with van der Waals surface area (Å²) >= 11 is 0. The number of nitrogens with zero attached hydrogens (tertiary/aromatic N) is 1. The van der Waals surface area contributed by atoms with Gasteiger partial charge >= 0.3 is 6.03 Å². The molecule has 0 saturated heterocycles. The lowest BCUT2D eigenvalue weighted by molar-refractivity contribution is 0.202. The molecule has 1 rings (SSSR count). The van der Waals surface area contributed by atoms with Crippen LogP contribution < -0.4 is 4.72 Å². The fourth-order valence-electron chi connectivity index (χ4n) is 1.97. The van der Waals surface area contributed by atoms with Crippen molar-refractivity contribution in [2.75, 3.05) is 13.1 Å². The zero-order chi connectivity index (χ0) is 17.1. The van der Waals surface area contributed by atoms with Gasteiger partial charge in [0, 0.05) is 13.1 Å². The highest BCUT2D eigenvalue weighted by molar-refractivity contribution is 7.93. The number of hydrogen-bond acceptors (Lipinski definition) is 3. The van der Waals surface area contributed by atoms with E-state index in [1.54, 1.807) is 17.0 Å². The molecule has 128 valence electrons. The molecule has 0 atom stereocenters. The Morgan fingerprint density at radius 2 is 1.65 bits per heavy atom. The molecule has 1 aromatic carbocycles. The third kappa shape index (κ3) is 7.83. The second-order valence-electron chi connectivity index (χ2n) is 5.36. The Morgan fingerprint density at radius 3 is 2.17 bits per heavy atom. The number of hydrogen-bond donors (Lipinski definition) is 1. The van der Waals surface area contributed by atoms with Gasteiger partial charge in [0.1, 0.15) is 0 Å². The minimum absolute atomic E-state index is 0.551. The van der Waals surface area contributed by atoms with Crippen molar-refractivity contribution >= 4 is 22.1 Å². The first-order valence-electron chi connectivity index (χ1n) is 8.03. The summed E-state index contributed by atoms with van der Waals surface area (Å²) in [5.74, 6) is 0. The standard InChI is InChI=1S/C17H26N2O3S/c1-3-5-13-19(14-6-4-2)17(20)18-23(21,22)15-12-16-10-8-7-9-11-16/h7-12,15H,3-6,13-14H2,1-2H3,(H,18,20)/b15-12+. The molecule has 0 spiro atoms. The Labute approximate surface area is 139 Å². The molecule has 5 nitrogen and oxygen atoms in total. The van der Waals surface area contributed by atoms with Crippen molar-refractivity contribution in [3.63, 3.8) is 0 Å². The zero-order valence-corrected chi connectivity index (χ0v) is 14.7. The van der Waals surface area contributed by atoms with Crippen LogP contribution in [-0.2, 0) is 10.0 Å². The van der Waals surface area contributed by atoms with E-state index in [2.05, 4.69) is 4.72 Å². The molecule has 0 aliphatic heterocycles. The molecular weight excluding hydrogens is 312 g/mol. The van der Waals surface area contributed by atoms with E-state index < -0.39 is 16.1 Å². The predicted molar refractivity (Wildman–Crippen MR) is 94.3 cm³/mol. The fraction of sp³-hybridized carbons (Fsp3) is 0.471. The lowest BCUT2D eigenvalue weighted by atomic mass is 10.2. The van der Waals surface area contributed by atoms with Crippen LogP contribution in [0.15, 0.2) is 35.7 Å². The highest BCUT2D eigenvalue weighted by atomic mass is 32.2. The fourth-order valence-corrected chi connectivity index (χ4v) is 2.74. The van der Waals surface area contributed by atoms with Crippen molar-refractivity contribution in [2.24, 2.45) is 0 Å². The summed E-state index contributed by atoms with van der Waals surface area (Å²) in [5, 5.41) is 1.03. The Kier molecular flexibility index (Phi) is 8.40. The van der Waals surface area contributed by atoms with E-state index in [-0.39, 0.29) is 0 Å². The molecule has 6 heteroatoms. The van der Waals surface area contributed by atoms with E-state index in [0.29, 0.717) is 13.1 Å². The molecule has 0 aliphatic rings. The van der Waals surface area contributed by atoms with Gasteiger partial charge in [-0.25, -0.2) is 17.9 Å². The van der Waals surface area contributed by atoms with E-state index in [1.807, 2.05) is 32.0 Å². The number of unbranched alkanes of at least 4 members (excludes halogenated alkanes) is 2. The third-order valence-electron chi connectivity index (χ3n) is 3.32. The van der Waals surface area contributed by atoms with Gasteiger partial charge in [-0.15, -0.1) is 0 Å². The lowest BCUT2D eigenvalue weighted by Gasteiger charge is -2.22. The van der Waals surface area contributed by atoms with Crippen LogP contribution in [0.1, 0.15) is 45.1 Å². The third-order valence-corrected chi connectivity index (χ3v) is 4.27. The summed E-state index contributed by atoms with van der Waals surface area (Å²) in [4.78, 5) is 13.8. The first-order valence-corrected chi connectivity index (χ1v) is 9.58. The van der Waals surface area contributed by atoms with Crippen LogP contribution in [0.25, 0.3) is 6.08 Å². The summed E-state index contributed by atoms with van der Waals surface area (Å²) < 4.78 is 26.2. The van der Waals surface area contributed by atoms with E-state index in [9.17, 15) is 13.2 Å². The first kappa shape index (κ1) is 19.2. The maximum absolute atomic E-state index is 12.2. The molecule has 0 saturated carbocycles. The Balaban J connectivity index is 2.69. The molecule has 1 aromatic rings. The van der Waals surface area contributed by atoms with E-state index >= 15 is 0 Å². The van der Waals surface area contributed by atoms with Crippen LogP contribution in [0, 0.1) is 0 Å². The highest BCUT2D eigenvalue weighted by Crippen LogP contribution is 2.04. The SMILES string of the molecule is CCCCN(CCCC)C(=O)NS(=O)(=O)/C=C/c1ccccc1. The summed E-state index contributed by atoms with van der Waals surface area (Å²) in [6.45, 7) is 5.21. The average molecular weight is 338 g/mol. The normalized spacial score (nSPS) is 11.6.